The number of carbonyl (C=O) groups excluding carboxylic acids is 1. The van der Waals surface area contributed by atoms with Gasteiger partial charge in [-0.05, 0) is 72.9 Å². The van der Waals surface area contributed by atoms with Crippen molar-refractivity contribution in [3.05, 3.63) is 94.8 Å². The van der Waals surface area contributed by atoms with Crippen molar-refractivity contribution in [1.29, 1.82) is 0 Å². The number of nitrogens with zero attached hydrogens (tertiary/aromatic N) is 2. The first kappa shape index (κ1) is 32.1. The number of hydrogen-bond donors (Lipinski definition) is 2. The minimum atomic E-state index is -4.14. The lowest BCUT2D eigenvalue weighted by Gasteiger charge is -2.34. The number of pyridine rings is 1. The fourth-order valence-corrected chi connectivity index (χ4v) is 7.27. The maximum Gasteiger partial charge on any atom is 0.391 e. The van der Waals surface area contributed by atoms with E-state index in [-0.39, 0.29) is 42.1 Å². The van der Waals surface area contributed by atoms with Gasteiger partial charge in [-0.3, -0.25) is 14.7 Å². The highest BCUT2D eigenvalue weighted by Crippen LogP contribution is 2.42. The van der Waals surface area contributed by atoms with Gasteiger partial charge in [-0.2, -0.15) is 13.2 Å². The summed E-state index contributed by atoms with van der Waals surface area (Å²) in [5.74, 6) is -1.51. The lowest BCUT2D eigenvalue weighted by atomic mass is 9.81. The van der Waals surface area contributed by atoms with E-state index in [0.717, 1.165) is 16.8 Å². The van der Waals surface area contributed by atoms with Gasteiger partial charge in [0.2, 0.25) is 0 Å². The van der Waals surface area contributed by atoms with Gasteiger partial charge >= 0.3 is 6.18 Å². The number of aromatic nitrogens is 1. The van der Waals surface area contributed by atoms with Crippen molar-refractivity contribution in [2.24, 2.45) is 11.8 Å². The average molecular weight is 630 g/mol. The number of benzene rings is 2. The summed E-state index contributed by atoms with van der Waals surface area (Å²) < 4.78 is 64.0. The van der Waals surface area contributed by atoms with Gasteiger partial charge < -0.3 is 10.4 Å². The molecule has 236 valence electrons. The molecule has 1 aliphatic carbocycles. The second-order valence-corrected chi connectivity index (χ2v) is 14.1. The molecular weight excluding hydrogens is 591 g/mol. The molecule has 2 aliphatic rings. The molecule has 2 atom stereocenters. The number of alkyl halides is 3. The molecule has 1 saturated carbocycles. The summed E-state index contributed by atoms with van der Waals surface area (Å²) in [6, 6.07) is 17.1. The van der Waals surface area contributed by atoms with Crippen LogP contribution in [0, 0.1) is 11.8 Å². The van der Waals surface area contributed by atoms with Crippen LogP contribution >= 0.6 is 0 Å². The number of aliphatic hydroxyl groups excluding tert-OH is 1. The smallest absolute Gasteiger partial charge is 0.391 e. The largest absolute Gasteiger partial charge is 0.394 e. The summed E-state index contributed by atoms with van der Waals surface area (Å²) in [6.45, 7) is 2.39. The molecule has 11 heteroatoms. The van der Waals surface area contributed by atoms with E-state index < -0.39 is 33.9 Å². The SMILES string of the molecule is CCS(=O)(=O)c1ccc([C@H](CO)NC(=O)c2cnc3c(c2)CN(CC2CCC(C(F)(F)F)CC2)[C@H]3Cc2ccccc2)cc1. The van der Waals surface area contributed by atoms with Gasteiger partial charge in [0.05, 0.1) is 46.5 Å². The molecule has 0 saturated heterocycles. The van der Waals surface area contributed by atoms with Crippen molar-refractivity contribution in [1.82, 2.24) is 15.2 Å². The lowest BCUT2D eigenvalue weighted by Crippen LogP contribution is -2.34. The van der Waals surface area contributed by atoms with Crippen molar-refractivity contribution >= 4 is 15.7 Å². The molecule has 2 N–H and O–H groups in total. The van der Waals surface area contributed by atoms with Crippen LogP contribution in [0.2, 0.25) is 0 Å². The molecule has 2 aromatic carbocycles. The predicted molar refractivity (Wildman–Crippen MR) is 160 cm³/mol. The summed E-state index contributed by atoms with van der Waals surface area (Å²) in [7, 11) is -3.37. The van der Waals surface area contributed by atoms with Crippen LogP contribution in [0.3, 0.4) is 0 Å². The molecule has 44 heavy (non-hydrogen) atoms. The van der Waals surface area contributed by atoms with Gasteiger partial charge in [-0.25, -0.2) is 8.42 Å². The Morgan fingerprint density at radius 3 is 2.36 bits per heavy atom. The van der Waals surface area contributed by atoms with Crippen molar-refractivity contribution in [2.45, 2.75) is 68.7 Å². The maximum atomic E-state index is 13.3. The molecule has 0 unspecified atom stereocenters. The molecule has 1 amide bonds. The highest BCUT2D eigenvalue weighted by molar-refractivity contribution is 7.91. The number of halogens is 3. The second-order valence-electron chi connectivity index (χ2n) is 11.8. The zero-order chi connectivity index (χ0) is 31.5. The molecule has 7 nitrogen and oxygen atoms in total. The van der Waals surface area contributed by atoms with Crippen molar-refractivity contribution in [3.8, 4) is 0 Å². The van der Waals surface area contributed by atoms with Crippen LogP contribution in [0.5, 0.6) is 0 Å². The van der Waals surface area contributed by atoms with E-state index in [1.807, 2.05) is 36.4 Å². The zero-order valence-corrected chi connectivity index (χ0v) is 25.4. The molecular formula is C33H38F3N3O4S. The Kier molecular flexibility index (Phi) is 9.77. The Hall–Kier alpha value is -3.28. The topological polar surface area (TPSA) is 99.6 Å². The molecule has 0 radical (unpaired) electrons. The number of amides is 1. The third-order valence-electron chi connectivity index (χ3n) is 8.98. The lowest BCUT2D eigenvalue weighted by molar-refractivity contribution is -0.184. The number of rotatable bonds is 10. The van der Waals surface area contributed by atoms with Crippen LogP contribution < -0.4 is 5.32 Å². The molecule has 0 spiro atoms. The fourth-order valence-electron chi connectivity index (χ4n) is 6.38. The maximum absolute atomic E-state index is 13.3. The minimum absolute atomic E-state index is 0.0271. The normalized spacial score (nSPS) is 21.5. The molecule has 1 aromatic heterocycles. The average Bonchev–Trinajstić information content (AvgIpc) is 3.35. The zero-order valence-electron chi connectivity index (χ0n) is 24.6. The van der Waals surface area contributed by atoms with E-state index in [9.17, 15) is 31.5 Å². The van der Waals surface area contributed by atoms with E-state index in [4.69, 9.17) is 4.98 Å². The number of nitrogens with one attached hydrogen (secondary N) is 1. The number of hydrogen-bond acceptors (Lipinski definition) is 6. The van der Waals surface area contributed by atoms with Crippen LogP contribution in [-0.2, 0) is 22.8 Å². The highest BCUT2D eigenvalue weighted by Gasteiger charge is 2.42. The Morgan fingerprint density at radius 2 is 1.75 bits per heavy atom. The van der Waals surface area contributed by atoms with Crippen LogP contribution in [0.4, 0.5) is 13.2 Å². The first-order chi connectivity index (χ1) is 21.0. The van der Waals surface area contributed by atoms with Crippen LogP contribution in [0.25, 0.3) is 0 Å². The van der Waals surface area contributed by atoms with Gasteiger partial charge in [-0.15, -0.1) is 0 Å². The first-order valence-electron chi connectivity index (χ1n) is 15.1. The first-order valence-corrected chi connectivity index (χ1v) is 16.7. The predicted octanol–water partition coefficient (Wildman–Crippen LogP) is 5.81. The van der Waals surface area contributed by atoms with E-state index in [0.29, 0.717) is 43.5 Å². The Morgan fingerprint density at radius 1 is 1.07 bits per heavy atom. The van der Waals surface area contributed by atoms with E-state index in [1.165, 1.54) is 18.3 Å². The minimum Gasteiger partial charge on any atom is -0.394 e. The van der Waals surface area contributed by atoms with Gasteiger partial charge in [0, 0.05) is 19.3 Å². The van der Waals surface area contributed by atoms with Crippen LogP contribution in [-0.4, -0.2) is 54.4 Å². The summed E-state index contributed by atoms with van der Waals surface area (Å²) in [5.41, 5.74) is 3.79. The van der Waals surface area contributed by atoms with Gasteiger partial charge in [-0.1, -0.05) is 49.4 Å². The Bertz CT molecular complexity index is 1540. The molecule has 1 fully saturated rings. The number of aliphatic hydroxyl groups is 1. The van der Waals surface area contributed by atoms with Crippen LogP contribution in [0.15, 0.2) is 71.8 Å². The standard InChI is InChI=1S/C33H38F3N3O4S/c1-2-44(42,43)28-14-10-24(11-15-28)29(21-40)38-32(41)25-17-26-20-39(19-23-8-12-27(13-9-23)33(34,35)36)30(31(26)37-18-25)16-22-6-4-3-5-7-22/h3-7,10-11,14-15,17-18,23,27,29-30,40H,2,8-9,12-13,16,19-21H2,1H3,(H,38,41)/t23?,27?,29-,30-/m0/s1. The third kappa shape index (κ3) is 7.33. The Labute approximate surface area is 256 Å². The number of sulfone groups is 1. The monoisotopic (exact) mass is 629 g/mol. The molecule has 0 bridgehead atoms. The molecule has 1 aliphatic heterocycles. The summed E-state index contributed by atoms with van der Waals surface area (Å²) in [6.07, 6.45) is -0.543. The van der Waals surface area contributed by atoms with Gasteiger partial charge in [0.25, 0.3) is 5.91 Å². The van der Waals surface area contributed by atoms with E-state index >= 15 is 0 Å². The highest BCUT2D eigenvalue weighted by atomic mass is 32.2. The Balaban J connectivity index is 1.31. The van der Waals surface area contributed by atoms with Crippen LogP contribution in [0.1, 0.15) is 77.4 Å². The number of carbonyl (C=O) groups is 1. The quantitative estimate of drug-likeness (QED) is 0.294. The van der Waals surface area contributed by atoms with Crippen molar-refractivity contribution in [2.75, 3.05) is 18.9 Å². The summed E-state index contributed by atoms with van der Waals surface area (Å²) in [5, 5.41) is 12.8. The van der Waals surface area contributed by atoms with Crippen molar-refractivity contribution < 1.29 is 31.5 Å². The summed E-state index contributed by atoms with van der Waals surface area (Å²) in [4.78, 5) is 20.5. The second kappa shape index (κ2) is 13.4. The van der Waals surface area contributed by atoms with Gasteiger partial charge in [0.15, 0.2) is 9.84 Å². The third-order valence-corrected chi connectivity index (χ3v) is 10.7. The summed E-state index contributed by atoms with van der Waals surface area (Å²) >= 11 is 0. The number of fused-ring (bicyclic) bond motifs is 1. The van der Waals surface area contributed by atoms with Gasteiger partial charge in [0.1, 0.15) is 0 Å². The van der Waals surface area contributed by atoms with Crippen molar-refractivity contribution in [3.63, 3.8) is 0 Å². The van der Waals surface area contributed by atoms with E-state index in [2.05, 4.69) is 10.2 Å². The van der Waals surface area contributed by atoms with E-state index in [1.54, 1.807) is 19.1 Å². The molecule has 3 aromatic rings. The fraction of sp³-hybridized carbons (Fsp3) is 0.455. The molecule has 2 heterocycles. The molecule has 5 rings (SSSR count).